The van der Waals surface area contributed by atoms with E-state index in [1.807, 2.05) is 0 Å². The first-order valence-corrected chi connectivity index (χ1v) is 8.86. The second-order valence-corrected chi connectivity index (χ2v) is 6.95. The van der Waals surface area contributed by atoms with Gasteiger partial charge in [0.05, 0.1) is 24.1 Å². The molecule has 0 aromatic carbocycles. The fraction of sp³-hybridized carbons (Fsp3) is 0.500. The molecule has 0 aliphatic heterocycles. The Morgan fingerprint density at radius 3 is 2.80 bits per heavy atom. The van der Waals surface area contributed by atoms with Crippen LogP contribution in [0.15, 0.2) is 23.1 Å². The number of hydrogen-bond acceptors (Lipinski definition) is 5. The van der Waals surface area contributed by atoms with E-state index < -0.39 is 11.9 Å². The smallest absolute Gasteiger partial charge is 0.306 e. The van der Waals surface area contributed by atoms with Gasteiger partial charge in [0, 0.05) is 12.1 Å². The van der Waals surface area contributed by atoms with Crippen LogP contribution in [0.4, 0.5) is 0 Å². The third-order valence-corrected chi connectivity index (χ3v) is 5.23. The number of hydrogen-bond donors (Lipinski definition) is 1. The van der Waals surface area contributed by atoms with E-state index in [1.54, 1.807) is 12.1 Å². The number of pyridine rings is 1. The number of esters is 1. The van der Waals surface area contributed by atoms with Crippen molar-refractivity contribution in [2.45, 2.75) is 44.4 Å². The van der Waals surface area contributed by atoms with Crippen molar-refractivity contribution in [1.82, 2.24) is 9.38 Å². The molecule has 0 amide bonds. The van der Waals surface area contributed by atoms with Crippen LogP contribution in [0, 0.1) is 5.92 Å². The monoisotopic (exact) mass is 364 g/mol. The van der Waals surface area contributed by atoms with Gasteiger partial charge in [-0.1, -0.05) is 30.9 Å². The number of aromatic hydroxyl groups is 1. The zero-order valence-corrected chi connectivity index (χ0v) is 14.8. The molecule has 1 aliphatic rings. The molecule has 1 N–H and O–H groups in total. The molecule has 6 nitrogen and oxygen atoms in total. The summed E-state index contributed by atoms with van der Waals surface area (Å²) in [6.07, 6.45) is 6.62. The fourth-order valence-corrected chi connectivity index (χ4v) is 3.90. The van der Waals surface area contributed by atoms with Gasteiger partial charge in [0.25, 0.3) is 5.56 Å². The summed E-state index contributed by atoms with van der Waals surface area (Å²) in [6, 6.07) is 3.18. The number of aromatic nitrogens is 2. The van der Waals surface area contributed by atoms with E-state index in [0.717, 1.165) is 32.1 Å². The van der Waals surface area contributed by atoms with Crippen LogP contribution in [0.25, 0.3) is 5.65 Å². The Labute approximate surface area is 150 Å². The summed E-state index contributed by atoms with van der Waals surface area (Å²) in [5.41, 5.74) is 0.109. The fourth-order valence-electron chi connectivity index (χ4n) is 3.74. The van der Waals surface area contributed by atoms with Crippen LogP contribution in [-0.4, -0.2) is 27.6 Å². The topological polar surface area (TPSA) is 80.9 Å². The molecule has 1 fully saturated rings. The summed E-state index contributed by atoms with van der Waals surface area (Å²) in [4.78, 5) is 29.1. The van der Waals surface area contributed by atoms with Gasteiger partial charge < -0.3 is 9.84 Å². The van der Waals surface area contributed by atoms with Crippen molar-refractivity contribution >= 4 is 23.2 Å². The van der Waals surface area contributed by atoms with Gasteiger partial charge in [0.1, 0.15) is 5.65 Å². The average Bonchev–Trinajstić information content (AvgIpc) is 2.62. The lowest BCUT2D eigenvalue weighted by atomic mass is 9.75. The van der Waals surface area contributed by atoms with Crippen molar-refractivity contribution in [2.24, 2.45) is 5.92 Å². The predicted octanol–water partition coefficient (Wildman–Crippen LogP) is 3.28. The van der Waals surface area contributed by atoms with Gasteiger partial charge in [-0.05, 0) is 30.9 Å². The highest BCUT2D eigenvalue weighted by molar-refractivity contribution is 6.30. The number of rotatable bonds is 4. The Kier molecular flexibility index (Phi) is 5.27. The molecule has 3 rings (SSSR count). The summed E-state index contributed by atoms with van der Waals surface area (Å²) in [6.45, 7) is 0. The van der Waals surface area contributed by atoms with E-state index in [2.05, 4.69) is 4.98 Å². The van der Waals surface area contributed by atoms with Gasteiger partial charge in [-0.2, -0.15) is 4.98 Å². The highest BCUT2D eigenvalue weighted by atomic mass is 35.5. The molecule has 0 saturated heterocycles. The molecule has 25 heavy (non-hydrogen) atoms. The number of nitrogens with zero attached hydrogens (tertiary/aromatic N) is 2. The Morgan fingerprint density at radius 1 is 1.40 bits per heavy atom. The molecule has 134 valence electrons. The molecule has 0 radical (unpaired) electrons. The first kappa shape index (κ1) is 17.7. The van der Waals surface area contributed by atoms with Crippen molar-refractivity contribution in [3.05, 3.63) is 39.3 Å². The maximum Gasteiger partial charge on any atom is 0.306 e. The summed E-state index contributed by atoms with van der Waals surface area (Å²) < 4.78 is 6.13. The minimum Gasteiger partial charge on any atom is -0.493 e. The zero-order valence-electron chi connectivity index (χ0n) is 14.1. The van der Waals surface area contributed by atoms with Crippen LogP contribution in [0.3, 0.4) is 0 Å². The SMILES string of the molecule is COC(=O)C[C@@H](c1c(O)nc2ccc(Cl)cn2c1=O)C1CCCCC1. The van der Waals surface area contributed by atoms with E-state index in [-0.39, 0.29) is 29.3 Å². The van der Waals surface area contributed by atoms with Gasteiger partial charge in [-0.15, -0.1) is 0 Å². The molecular formula is C18H21ClN2O4. The average molecular weight is 365 g/mol. The lowest BCUT2D eigenvalue weighted by Crippen LogP contribution is -2.28. The molecule has 0 unspecified atom stereocenters. The standard InChI is InChI=1S/C18H21ClN2O4/c1-25-15(22)9-13(11-5-3-2-4-6-11)16-17(23)20-14-8-7-12(19)10-21(14)18(16)24/h7-8,10-11,13,23H,2-6,9H2,1H3/t13-/m1/s1. The maximum absolute atomic E-state index is 13.0. The lowest BCUT2D eigenvalue weighted by molar-refractivity contribution is -0.141. The Hall–Kier alpha value is -2.08. The maximum atomic E-state index is 13.0. The Bertz CT molecular complexity index is 843. The third kappa shape index (κ3) is 3.63. The molecule has 1 aliphatic carbocycles. The highest BCUT2D eigenvalue weighted by Gasteiger charge is 2.32. The highest BCUT2D eigenvalue weighted by Crippen LogP contribution is 2.39. The molecule has 0 spiro atoms. The van der Waals surface area contributed by atoms with E-state index >= 15 is 0 Å². The Balaban J connectivity index is 2.13. The van der Waals surface area contributed by atoms with Crippen LogP contribution in [0.1, 0.15) is 50.0 Å². The number of carbonyl (C=O) groups excluding carboxylic acids is 1. The summed E-state index contributed by atoms with van der Waals surface area (Å²) in [5, 5.41) is 10.8. The normalized spacial score (nSPS) is 16.7. The summed E-state index contributed by atoms with van der Waals surface area (Å²) in [5.74, 6) is -0.980. The first-order valence-electron chi connectivity index (χ1n) is 8.49. The van der Waals surface area contributed by atoms with Crippen molar-refractivity contribution < 1.29 is 14.6 Å². The number of fused-ring (bicyclic) bond motifs is 1. The van der Waals surface area contributed by atoms with Crippen LogP contribution in [0.2, 0.25) is 5.02 Å². The van der Waals surface area contributed by atoms with Crippen LogP contribution in [0.5, 0.6) is 5.88 Å². The molecule has 1 saturated carbocycles. The van der Waals surface area contributed by atoms with E-state index in [4.69, 9.17) is 16.3 Å². The predicted molar refractivity (Wildman–Crippen MR) is 94.1 cm³/mol. The minimum absolute atomic E-state index is 0.0538. The van der Waals surface area contributed by atoms with Crippen LogP contribution < -0.4 is 5.56 Å². The largest absolute Gasteiger partial charge is 0.493 e. The number of halogens is 1. The number of carbonyl (C=O) groups is 1. The van der Waals surface area contributed by atoms with Gasteiger partial charge in [0.2, 0.25) is 5.88 Å². The van der Waals surface area contributed by atoms with E-state index in [1.165, 1.54) is 17.7 Å². The zero-order chi connectivity index (χ0) is 18.0. The summed E-state index contributed by atoms with van der Waals surface area (Å²) in [7, 11) is 1.32. The van der Waals surface area contributed by atoms with Gasteiger partial charge in [0.15, 0.2) is 0 Å². The van der Waals surface area contributed by atoms with E-state index in [9.17, 15) is 14.7 Å². The van der Waals surface area contributed by atoms with Crippen LogP contribution >= 0.6 is 11.6 Å². The van der Waals surface area contributed by atoms with Crippen molar-refractivity contribution in [2.75, 3.05) is 7.11 Å². The number of methoxy groups -OCH3 is 1. The third-order valence-electron chi connectivity index (χ3n) is 5.01. The van der Waals surface area contributed by atoms with Gasteiger partial charge in [-0.3, -0.25) is 14.0 Å². The molecule has 0 bridgehead atoms. The number of ether oxygens (including phenoxy) is 1. The summed E-state index contributed by atoms with van der Waals surface area (Å²) >= 11 is 5.99. The molecule has 2 heterocycles. The van der Waals surface area contributed by atoms with Crippen molar-refractivity contribution in [1.29, 1.82) is 0 Å². The first-order chi connectivity index (χ1) is 12.0. The van der Waals surface area contributed by atoms with Gasteiger partial charge in [-0.25, -0.2) is 0 Å². The van der Waals surface area contributed by atoms with Gasteiger partial charge >= 0.3 is 5.97 Å². The second kappa shape index (κ2) is 7.44. The quantitative estimate of drug-likeness (QED) is 0.842. The molecule has 2 aromatic rings. The van der Waals surface area contributed by atoms with Crippen LogP contribution in [-0.2, 0) is 9.53 Å². The van der Waals surface area contributed by atoms with Crippen molar-refractivity contribution in [3.8, 4) is 5.88 Å². The minimum atomic E-state index is -0.413. The second-order valence-electron chi connectivity index (χ2n) is 6.51. The molecular weight excluding hydrogens is 344 g/mol. The Morgan fingerprint density at radius 2 is 2.12 bits per heavy atom. The molecule has 2 aromatic heterocycles. The van der Waals surface area contributed by atoms with Crippen molar-refractivity contribution in [3.63, 3.8) is 0 Å². The van der Waals surface area contributed by atoms with E-state index in [0.29, 0.717) is 10.7 Å². The molecule has 1 atom stereocenters. The lowest BCUT2D eigenvalue weighted by Gasteiger charge is -2.29. The molecule has 7 heteroatoms.